The van der Waals surface area contributed by atoms with Crippen LogP contribution < -0.4 is 5.32 Å². The molecule has 2 atom stereocenters. The normalized spacial score (nSPS) is 19.9. The van der Waals surface area contributed by atoms with Gasteiger partial charge in [0.05, 0.1) is 13.2 Å². The lowest BCUT2D eigenvalue weighted by atomic mass is 9.90. The summed E-state index contributed by atoms with van der Waals surface area (Å²) in [4.78, 5) is 15.7. The van der Waals surface area contributed by atoms with Crippen molar-refractivity contribution in [3.63, 3.8) is 0 Å². The largest absolute Gasteiger partial charge is 0.468 e. The Hall–Kier alpha value is -2.11. The van der Waals surface area contributed by atoms with Crippen LogP contribution in [0.5, 0.6) is 0 Å². The highest BCUT2D eigenvalue weighted by Crippen LogP contribution is 2.35. The minimum absolute atomic E-state index is 0.0710. The van der Waals surface area contributed by atoms with Gasteiger partial charge in [-0.05, 0) is 29.3 Å². The fraction of sp³-hybridized carbons (Fsp3) is 0.211. The maximum Gasteiger partial charge on any atom is 0.323 e. The van der Waals surface area contributed by atoms with Crippen molar-refractivity contribution in [3.05, 3.63) is 69.8 Å². The molecule has 0 spiro atoms. The Morgan fingerprint density at radius 1 is 1.17 bits per heavy atom. The van der Waals surface area contributed by atoms with Gasteiger partial charge in [-0.25, -0.2) is 0 Å². The molecule has 2 heterocycles. The number of rotatable bonds is 2. The monoisotopic (exact) mass is 384 g/mol. The van der Waals surface area contributed by atoms with Gasteiger partial charge >= 0.3 is 5.97 Å². The number of aromatic nitrogens is 1. The zero-order chi connectivity index (χ0) is 16.7. The van der Waals surface area contributed by atoms with E-state index in [0.717, 1.165) is 21.2 Å². The highest BCUT2D eigenvalue weighted by Gasteiger charge is 2.34. The van der Waals surface area contributed by atoms with E-state index in [1.54, 1.807) is 0 Å². The summed E-state index contributed by atoms with van der Waals surface area (Å²) in [5.74, 6) is -0.229. The van der Waals surface area contributed by atoms with Crippen molar-refractivity contribution in [2.75, 3.05) is 7.11 Å². The van der Waals surface area contributed by atoms with E-state index < -0.39 is 0 Å². The molecule has 0 saturated heterocycles. The Balaban J connectivity index is 1.86. The van der Waals surface area contributed by atoms with E-state index in [9.17, 15) is 4.79 Å². The standard InChI is InChI=1S/C19H17BrN2O2/c1-24-19(23)16-10-14-13-4-2-3-5-15(13)21-18(14)17(22-16)11-6-8-12(20)9-7-11/h2-9,16-17,21-22H,10H2,1H3. The van der Waals surface area contributed by atoms with Crippen molar-refractivity contribution in [2.45, 2.75) is 18.5 Å². The Morgan fingerprint density at radius 2 is 1.92 bits per heavy atom. The van der Waals surface area contributed by atoms with Crippen LogP contribution in [-0.2, 0) is 16.0 Å². The van der Waals surface area contributed by atoms with E-state index in [2.05, 4.69) is 50.5 Å². The van der Waals surface area contributed by atoms with Crippen molar-refractivity contribution in [2.24, 2.45) is 0 Å². The molecule has 5 heteroatoms. The lowest BCUT2D eigenvalue weighted by Crippen LogP contribution is -2.45. The molecule has 3 aromatic rings. The summed E-state index contributed by atoms with van der Waals surface area (Å²) in [6.07, 6.45) is 0.624. The molecule has 1 aromatic heterocycles. The smallest absolute Gasteiger partial charge is 0.323 e. The molecular weight excluding hydrogens is 368 g/mol. The number of nitrogens with one attached hydrogen (secondary N) is 2. The van der Waals surface area contributed by atoms with E-state index in [1.807, 2.05) is 24.3 Å². The quantitative estimate of drug-likeness (QED) is 0.662. The first-order valence-corrected chi connectivity index (χ1v) is 8.65. The van der Waals surface area contributed by atoms with Gasteiger partial charge in [0.15, 0.2) is 0 Å². The second-order valence-corrected chi connectivity index (χ2v) is 6.91. The van der Waals surface area contributed by atoms with Gasteiger partial charge in [-0.15, -0.1) is 0 Å². The first-order valence-electron chi connectivity index (χ1n) is 7.86. The Bertz CT molecular complexity index is 901. The lowest BCUT2D eigenvalue weighted by molar-refractivity contribution is -0.143. The van der Waals surface area contributed by atoms with E-state index >= 15 is 0 Å². The number of aromatic amines is 1. The van der Waals surface area contributed by atoms with Crippen molar-refractivity contribution in [1.82, 2.24) is 10.3 Å². The van der Waals surface area contributed by atoms with Gasteiger partial charge in [0.2, 0.25) is 0 Å². The maximum atomic E-state index is 12.2. The molecule has 0 amide bonds. The number of halogens is 1. The second-order valence-electron chi connectivity index (χ2n) is 5.99. The van der Waals surface area contributed by atoms with Crippen LogP contribution in [0.2, 0.25) is 0 Å². The summed E-state index contributed by atoms with van der Waals surface area (Å²) in [6, 6.07) is 16.0. The van der Waals surface area contributed by atoms with E-state index in [0.29, 0.717) is 6.42 Å². The van der Waals surface area contributed by atoms with Crippen LogP contribution >= 0.6 is 15.9 Å². The van der Waals surface area contributed by atoms with Gasteiger partial charge in [0, 0.05) is 27.5 Å². The third kappa shape index (κ3) is 2.54. The number of methoxy groups -OCH3 is 1. The molecule has 4 nitrogen and oxygen atoms in total. The molecular formula is C19H17BrN2O2. The van der Waals surface area contributed by atoms with Crippen LogP contribution in [-0.4, -0.2) is 24.1 Å². The number of hydrogen-bond acceptors (Lipinski definition) is 3. The minimum atomic E-state index is -0.352. The number of carbonyl (C=O) groups excluding carboxylic acids is 1. The Morgan fingerprint density at radius 3 is 2.67 bits per heavy atom. The Labute approximate surface area is 148 Å². The first-order chi connectivity index (χ1) is 11.7. The average molecular weight is 385 g/mol. The highest BCUT2D eigenvalue weighted by molar-refractivity contribution is 9.10. The third-order valence-electron chi connectivity index (χ3n) is 4.60. The summed E-state index contributed by atoms with van der Waals surface area (Å²) >= 11 is 3.47. The van der Waals surface area contributed by atoms with Crippen molar-refractivity contribution >= 4 is 32.8 Å². The van der Waals surface area contributed by atoms with Gasteiger partial charge in [-0.1, -0.05) is 46.3 Å². The topological polar surface area (TPSA) is 54.1 Å². The SMILES string of the molecule is COC(=O)C1Cc2c([nH]c3ccccc23)C(c2ccc(Br)cc2)N1. The second kappa shape index (κ2) is 6.07. The van der Waals surface area contributed by atoms with Crippen LogP contribution in [0.3, 0.4) is 0 Å². The summed E-state index contributed by atoms with van der Waals surface area (Å²) in [7, 11) is 1.43. The van der Waals surface area contributed by atoms with Crippen molar-refractivity contribution < 1.29 is 9.53 Å². The first kappa shape index (κ1) is 15.4. The van der Waals surface area contributed by atoms with Crippen LogP contribution in [0, 0.1) is 0 Å². The molecule has 1 aliphatic rings. The van der Waals surface area contributed by atoms with Crippen LogP contribution in [0.15, 0.2) is 53.0 Å². The number of H-pyrrole nitrogens is 1. The van der Waals surface area contributed by atoms with E-state index in [4.69, 9.17) is 4.74 Å². The van der Waals surface area contributed by atoms with Gasteiger partial charge < -0.3 is 9.72 Å². The number of benzene rings is 2. The molecule has 1 aliphatic heterocycles. The fourth-order valence-electron chi connectivity index (χ4n) is 3.45. The van der Waals surface area contributed by atoms with Crippen LogP contribution in [0.1, 0.15) is 22.9 Å². The highest BCUT2D eigenvalue weighted by atomic mass is 79.9. The van der Waals surface area contributed by atoms with Crippen molar-refractivity contribution in [1.29, 1.82) is 0 Å². The summed E-state index contributed by atoms with van der Waals surface area (Å²) in [5.41, 5.74) is 4.52. The minimum Gasteiger partial charge on any atom is -0.468 e. The number of ether oxygens (including phenoxy) is 1. The van der Waals surface area contributed by atoms with Gasteiger partial charge in [0.25, 0.3) is 0 Å². The molecule has 0 saturated carbocycles. The zero-order valence-electron chi connectivity index (χ0n) is 13.2. The molecule has 0 radical (unpaired) electrons. The van der Waals surface area contributed by atoms with Gasteiger partial charge in [0.1, 0.15) is 6.04 Å². The molecule has 0 aliphatic carbocycles. The maximum absolute atomic E-state index is 12.2. The van der Waals surface area contributed by atoms with Crippen LogP contribution in [0.4, 0.5) is 0 Å². The summed E-state index contributed by atoms with van der Waals surface area (Å²) < 4.78 is 6.01. The Kier molecular flexibility index (Phi) is 3.90. The molecule has 122 valence electrons. The molecule has 2 unspecified atom stereocenters. The molecule has 2 aromatic carbocycles. The molecule has 0 fully saturated rings. The molecule has 2 N–H and O–H groups in total. The lowest BCUT2D eigenvalue weighted by Gasteiger charge is -2.30. The fourth-order valence-corrected chi connectivity index (χ4v) is 3.71. The molecule has 24 heavy (non-hydrogen) atoms. The predicted molar refractivity (Wildman–Crippen MR) is 96.9 cm³/mol. The summed E-state index contributed by atoms with van der Waals surface area (Å²) in [6.45, 7) is 0. The number of hydrogen-bond donors (Lipinski definition) is 2. The third-order valence-corrected chi connectivity index (χ3v) is 5.13. The number of fused-ring (bicyclic) bond motifs is 3. The van der Waals surface area contributed by atoms with E-state index in [-0.39, 0.29) is 18.1 Å². The zero-order valence-corrected chi connectivity index (χ0v) is 14.8. The van der Waals surface area contributed by atoms with E-state index in [1.165, 1.54) is 18.1 Å². The van der Waals surface area contributed by atoms with Gasteiger partial charge in [-0.2, -0.15) is 0 Å². The number of para-hydroxylation sites is 1. The molecule has 0 bridgehead atoms. The van der Waals surface area contributed by atoms with Gasteiger partial charge in [-0.3, -0.25) is 10.1 Å². The van der Waals surface area contributed by atoms with Crippen LogP contribution in [0.25, 0.3) is 10.9 Å². The summed E-state index contributed by atoms with van der Waals surface area (Å²) in [5, 5.41) is 4.61. The van der Waals surface area contributed by atoms with Crippen molar-refractivity contribution in [3.8, 4) is 0 Å². The molecule has 4 rings (SSSR count). The predicted octanol–water partition coefficient (Wildman–Crippen LogP) is 3.71. The number of carbonyl (C=O) groups is 1. The number of esters is 1. The average Bonchev–Trinajstić information content (AvgIpc) is 2.99.